The molecule has 0 fully saturated rings. The largest absolute Gasteiger partial charge is 0.494 e. The van der Waals surface area contributed by atoms with Crippen molar-refractivity contribution in [3.05, 3.63) is 109 Å². The second-order valence-electron chi connectivity index (χ2n) is 7.31. The number of hydrogen-bond donors (Lipinski definition) is 1. The van der Waals surface area contributed by atoms with Crippen LogP contribution >= 0.6 is 22.9 Å². The van der Waals surface area contributed by atoms with Gasteiger partial charge in [0, 0.05) is 0 Å². The summed E-state index contributed by atoms with van der Waals surface area (Å²) in [4.78, 5) is 26.6. The van der Waals surface area contributed by atoms with Crippen LogP contribution < -0.4 is 24.8 Å². The van der Waals surface area contributed by atoms with E-state index in [1.54, 1.807) is 54.6 Å². The van der Waals surface area contributed by atoms with Crippen molar-refractivity contribution >= 4 is 46.2 Å². The van der Waals surface area contributed by atoms with Gasteiger partial charge in [-0.15, -0.1) is 11.3 Å². The zero-order valence-electron chi connectivity index (χ0n) is 18.7. The van der Waals surface area contributed by atoms with E-state index >= 15 is 0 Å². The smallest absolute Gasteiger partial charge is 0.273 e. The number of rotatable bonds is 6. The van der Waals surface area contributed by atoms with Gasteiger partial charge in [0.2, 0.25) is 0 Å². The summed E-state index contributed by atoms with van der Waals surface area (Å²) in [6, 6.07) is 24.9. The van der Waals surface area contributed by atoms with E-state index in [2.05, 4.69) is 5.32 Å². The Kier molecular flexibility index (Phi) is 7.46. The number of ether oxygens (including phenoxy) is 1. The molecule has 174 valence electrons. The van der Waals surface area contributed by atoms with E-state index in [4.69, 9.17) is 16.3 Å². The molecule has 3 aromatic carbocycles. The fourth-order valence-corrected chi connectivity index (χ4v) is 4.67. The standard InChI is InChI=1S/C27H20ClN3O3S/c1-2-34-20-14-12-18(13-15-20)16-24-26(33)31(19-8-4-3-5-9-19)27(35-24)21(17-29)25(32)30-23-11-7-6-10-22(23)28/h3-16H,2H2,1H3,(H,30,32)/b24-16+,27-21+. The molecule has 1 aromatic heterocycles. The van der Waals surface area contributed by atoms with Gasteiger partial charge >= 0.3 is 0 Å². The molecule has 0 spiro atoms. The Morgan fingerprint density at radius 1 is 1.09 bits per heavy atom. The summed E-state index contributed by atoms with van der Waals surface area (Å²) in [5, 5.41) is 12.9. The number of nitrogens with one attached hydrogen (secondary N) is 1. The van der Waals surface area contributed by atoms with Crippen LogP contribution in [0.3, 0.4) is 0 Å². The molecule has 8 heteroatoms. The zero-order chi connectivity index (χ0) is 24.8. The lowest BCUT2D eigenvalue weighted by Crippen LogP contribution is -2.32. The second-order valence-corrected chi connectivity index (χ2v) is 8.75. The highest BCUT2D eigenvalue weighted by atomic mass is 35.5. The van der Waals surface area contributed by atoms with Gasteiger partial charge in [-0.3, -0.25) is 14.2 Å². The zero-order valence-corrected chi connectivity index (χ0v) is 20.3. The van der Waals surface area contributed by atoms with Crippen molar-refractivity contribution in [2.75, 3.05) is 11.9 Å². The number of carbonyl (C=O) groups excluding carboxylic acids is 1. The minimum absolute atomic E-state index is 0.192. The Labute approximate surface area is 210 Å². The molecule has 1 heterocycles. The van der Waals surface area contributed by atoms with Gasteiger partial charge in [-0.1, -0.05) is 54.1 Å². The lowest BCUT2D eigenvalue weighted by atomic mass is 10.2. The number of hydrogen-bond acceptors (Lipinski definition) is 5. The van der Waals surface area contributed by atoms with Gasteiger partial charge in [0.25, 0.3) is 11.5 Å². The van der Waals surface area contributed by atoms with E-state index in [0.29, 0.717) is 27.5 Å². The lowest BCUT2D eigenvalue weighted by Gasteiger charge is -2.07. The topological polar surface area (TPSA) is 84.1 Å². The molecule has 0 bridgehead atoms. The molecular weight excluding hydrogens is 482 g/mol. The van der Waals surface area contributed by atoms with Gasteiger partial charge in [-0.05, 0) is 55.0 Å². The normalized spacial score (nSPS) is 12.1. The summed E-state index contributed by atoms with van der Waals surface area (Å²) in [5.74, 6) is 0.0775. The van der Waals surface area contributed by atoms with Crippen molar-refractivity contribution in [3.63, 3.8) is 0 Å². The van der Waals surface area contributed by atoms with E-state index < -0.39 is 5.91 Å². The summed E-state index contributed by atoms with van der Waals surface area (Å²) >= 11 is 7.24. The minimum atomic E-state index is -0.654. The molecule has 1 N–H and O–H groups in total. The second kappa shape index (κ2) is 10.9. The molecule has 0 atom stereocenters. The first-order chi connectivity index (χ1) is 17.0. The summed E-state index contributed by atoms with van der Waals surface area (Å²) in [6.45, 7) is 2.46. The van der Waals surface area contributed by atoms with Crippen molar-refractivity contribution in [2.45, 2.75) is 6.92 Å². The van der Waals surface area contributed by atoms with Crippen LogP contribution in [-0.4, -0.2) is 17.1 Å². The van der Waals surface area contributed by atoms with E-state index in [1.165, 1.54) is 4.57 Å². The maximum atomic E-state index is 13.5. The Morgan fingerprint density at radius 3 is 2.43 bits per heavy atom. The molecule has 4 aromatic rings. The van der Waals surface area contributed by atoms with Crippen LogP contribution in [0.4, 0.5) is 5.69 Å². The average molecular weight is 502 g/mol. The maximum Gasteiger partial charge on any atom is 0.273 e. The summed E-state index contributed by atoms with van der Waals surface area (Å²) in [7, 11) is 0. The molecule has 6 nitrogen and oxygen atoms in total. The SMILES string of the molecule is CCOc1ccc(/C=c2/s/c(=C(\C#N)C(=O)Nc3ccccc3Cl)n(-c3ccccc3)c2=O)cc1. The van der Waals surface area contributed by atoms with Gasteiger partial charge in [-0.2, -0.15) is 5.26 Å². The van der Waals surface area contributed by atoms with Crippen molar-refractivity contribution in [2.24, 2.45) is 0 Å². The minimum Gasteiger partial charge on any atom is -0.494 e. The van der Waals surface area contributed by atoms with Crippen LogP contribution in [0, 0.1) is 11.3 Å². The third kappa shape index (κ3) is 5.35. The number of benzene rings is 3. The van der Waals surface area contributed by atoms with E-state index in [1.807, 2.05) is 43.3 Å². The first kappa shape index (κ1) is 24.0. The number of nitriles is 1. The molecule has 35 heavy (non-hydrogen) atoms. The molecular formula is C27H20ClN3O3S. The van der Waals surface area contributed by atoms with Gasteiger partial charge in [0.15, 0.2) is 5.57 Å². The van der Waals surface area contributed by atoms with Crippen molar-refractivity contribution in [1.29, 1.82) is 5.26 Å². The number of halogens is 1. The highest BCUT2D eigenvalue weighted by Crippen LogP contribution is 2.21. The molecule has 0 aliphatic carbocycles. The first-order valence-electron chi connectivity index (χ1n) is 10.7. The fraction of sp³-hybridized carbons (Fsp3) is 0.0741. The van der Waals surface area contributed by atoms with Crippen molar-refractivity contribution in [1.82, 2.24) is 4.57 Å². The number of anilines is 1. The Bertz CT molecular complexity index is 1580. The van der Waals surface area contributed by atoms with Crippen LogP contribution in [0.5, 0.6) is 5.75 Å². The predicted octanol–water partition coefficient (Wildman–Crippen LogP) is 4.09. The Hall–Kier alpha value is -4.12. The summed E-state index contributed by atoms with van der Waals surface area (Å²) < 4.78 is 7.47. The number of para-hydroxylation sites is 2. The quantitative estimate of drug-likeness (QED) is 0.431. The molecule has 0 saturated heterocycles. The van der Waals surface area contributed by atoms with Crippen LogP contribution in [0.1, 0.15) is 12.5 Å². The third-order valence-electron chi connectivity index (χ3n) is 5.00. The monoisotopic (exact) mass is 501 g/mol. The fourth-order valence-electron chi connectivity index (χ4n) is 3.38. The van der Waals surface area contributed by atoms with Crippen molar-refractivity contribution in [3.8, 4) is 17.5 Å². The maximum absolute atomic E-state index is 13.5. The third-order valence-corrected chi connectivity index (χ3v) is 6.42. The average Bonchev–Trinajstić information content (AvgIpc) is 3.18. The van der Waals surface area contributed by atoms with Gasteiger partial charge in [-0.25, -0.2) is 0 Å². The van der Waals surface area contributed by atoms with Gasteiger partial charge < -0.3 is 10.1 Å². The van der Waals surface area contributed by atoms with Gasteiger partial charge in [0.05, 0.1) is 27.5 Å². The number of nitrogens with zero attached hydrogens (tertiary/aromatic N) is 2. The predicted molar refractivity (Wildman–Crippen MR) is 139 cm³/mol. The van der Waals surface area contributed by atoms with Crippen molar-refractivity contribution < 1.29 is 9.53 Å². The van der Waals surface area contributed by atoms with Crippen LogP contribution in [0.15, 0.2) is 83.7 Å². The summed E-state index contributed by atoms with van der Waals surface area (Å²) in [6.07, 6.45) is 1.73. The molecule has 4 rings (SSSR count). The number of amides is 1. The molecule has 0 unspecified atom stereocenters. The number of carbonyl (C=O) groups is 1. The molecule has 0 saturated carbocycles. The highest BCUT2D eigenvalue weighted by molar-refractivity contribution is 7.07. The molecule has 0 aliphatic heterocycles. The molecule has 0 radical (unpaired) electrons. The van der Waals surface area contributed by atoms with Crippen LogP contribution in [-0.2, 0) is 4.79 Å². The lowest BCUT2D eigenvalue weighted by molar-refractivity contribution is -0.111. The first-order valence-corrected chi connectivity index (χ1v) is 11.9. The van der Waals surface area contributed by atoms with Crippen LogP contribution in [0.2, 0.25) is 5.02 Å². The molecule has 1 amide bonds. The summed E-state index contributed by atoms with van der Waals surface area (Å²) in [5.41, 5.74) is 1.19. The highest BCUT2D eigenvalue weighted by Gasteiger charge is 2.18. The Balaban J connectivity index is 1.90. The van der Waals surface area contributed by atoms with E-state index in [0.717, 1.165) is 22.6 Å². The Morgan fingerprint density at radius 2 is 1.77 bits per heavy atom. The van der Waals surface area contributed by atoms with E-state index in [-0.39, 0.29) is 15.8 Å². The van der Waals surface area contributed by atoms with E-state index in [9.17, 15) is 14.9 Å². The van der Waals surface area contributed by atoms with Crippen LogP contribution in [0.25, 0.3) is 17.3 Å². The number of aromatic nitrogens is 1. The number of thiazole rings is 1. The molecule has 0 aliphatic rings. The van der Waals surface area contributed by atoms with Gasteiger partial charge in [0.1, 0.15) is 16.5 Å².